The van der Waals surface area contributed by atoms with Crippen LogP contribution in [0.2, 0.25) is 0 Å². The van der Waals surface area contributed by atoms with E-state index in [9.17, 15) is 23.1 Å². The monoisotopic (exact) mass is 281 g/mol. The zero-order valence-electron chi connectivity index (χ0n) is 9.95. The maximum absolute atomic E-state index is 12.1. The van der Waals surface area contributed by atoms with Gasteiger partial charge in [-0.15, -0.1) is 13.2 Å². The Morgan fingerprint density at radius 3 is 2.53 bits per heavy atom. The van der Waals surface area contributed by atoms with Gasteiger partial charge in [0.1, 0.15) is 0 Å². The number of ether oxygens (including phenoxy) is 3. The summed E-state index contributed by atoms with van der Waals surface area (Å²) in [5.74, 6) is -2.98. The van der Waals surface area contributed by atoms with Crippen LogP contribution in [0.15, 0.2) is 6.07 Å². The largest absolute Gasteiger partial charge is 0.574 e. The third-order valence-electron chi connectivity index (χ3n) is 2.00. The number of hydrogen-bond acceptors (Lipinski definition) is 6. The van der Waals surface area contributed by atoms with Gasteiger partial charge in [-0.1, -0.05) is 0 Å². The molecular weight excluding hydrogens is 271 g/mol. The molecule has 0 radical (unpaired) electrons. The molecule has 1 aromatic rings. The van der Waals surface area contributed by atoms with Gasteiger partial charge in [0.2, 0.25) is 5.88 Å². The van der Waals surface area contributed by atoms with Gasteiger partial charge in [-0.2, -0.15) is 4.98 Å². The molecule has 0 bridgehead atoms. The zero-order valence-corrected chi connectivity index (χ0v) is 9.95. The van der Waals surface area contributed by atoms with Gasteiger partial charge in [0, 0.05) is 11.6 Å². The van der Waals surface area contributed by atoms with Crippen LogP contribution >= 0.6 is 0 Å². The van der Waals surface area contributed by atoms with Crippen LogP contribution < -0.4 is 9.47 Å². The second-order valence-corrected chi connectivity index (χ2v) is 3.28. The fourth-order valence-corrected chi connectivity index (χ4v) is 1.19. The molecule has 19 heavy (non-hydrogen) atoms. The summed E-state index contributed by atoms with van der Waals surface area (Å²) < 4.78 is 48.9. The molecule has 9 heteroatoms. The minimum Gasteiger partial charge on any atom is -0.503 e. The van der Waals surface area contributed by atoms with Crippen molar-refractivity contribution in [3.05, 3.63) is 11.6 Å². The van der Waals surface area contributed by atoms with Crippen molar-refractivity contribution in [1.82, 2.24) is 4.98 Å². The van der Waals surface area contributed by atoms with Crippen molar-refractivity contribution in [2.45, 2.75) is 12.8 Å². The highest BCUT2D eigenvalue weighted by atomic mass is 19.4. The molecule has 0 saturated carbocycles. The van der Waals surface area contributed by atoms with E-state index in [1.165, 1.54) is 7.11 Å². The van der Waals surface area contributed by atoms with Gasteiger partial charge in [0.15, 0.2) is 5.75 Å². The molecule has 1 N–H and O–H groups in total. The Kier molecular flexibility index (Phi) is 4.41. The van der Waals surface area contributed by atoms with Crippen molar-refractivity contribution in [1.29, 1.82) is 0 Å². The van der Waals surface area contributed by atoms with Crippen LogP contribution in [-0.4, -0.2) is 36.6 Å². The molecule has 0 spiro atoms. The van der Waals surface area contributed by atoms with E-state index in [0.29, 0.717) is 0 Å². The number of pyridine rings is 1. The van der Waals surface area contributed by atoms with Crippen molar-refractivity contribution < 1.29 is 37.3 Å². The number of carbonyl (C=O) groups is 1. The van der Waals surface area contributed by atoms with E-state index < -0.39 is 30.4 Å². The Morgan fingerprint density at radius 1 is 1.42 bits per heavy atom. The lowest BCUT2D eigenvalue weighted by molar-refractivity contribution is -0.276. The maximum Gasteiger partial charge on any atom is 0.574 e. The summed E-state index contributed by atoms with van der Waals surface area (Å²) >= 11 is 0. The molecule has 0 aromatic carbocycles. The molecule has 0 aliphatic carbocycles. The molecular formula is C10H10F3NO5. The van der Waals surface area contributed by atoms with Gasteiger partial charge in [-0.3, -0.25) is 4.79 Å². The van der Waals surface area contributed by atoms with Crippen LogP contribution in [0, 0.1) is 0 Å². The van der Waals surface area contributed by atoms with Crippen molar-refractivity contribution in [2.75, 3.05) is 14.2 Å². The van der Waals surface area contributed by atoms with Crippen LogP contribution in [-0.2, 0) is 16.0 Å². The van der Waals surface area contributed by atoms with E-state index in [-0.39, 0.29) is 11.4 Å². The van der Waals surface area contributed by atoms with Gasteiger partial charge in [0.05, 0.1) is 20.6 Å². The van der Waals surface area contributed by atoms with E-state index in [1.807, 2.05) is 0 Å². The summed E-state index contributed by atoms with van der Waals surface area (Å²) in [5.41, 5.74) is -0.155. The summed E-state index contributed by atoms with van der Waals surface area (Å²) in [6, 6.07) is 1.11. The van der Waals surface area contributed by atoms with Gasteiger partial charge in [0.25, 0.3) is 5.88 Å². The highest BCUT2D eigenvalue weighted by Crippen LogP contribution is 2.35. The summed E-state index contributed by atoms with van der Waals surface area (Å²) in [5, 5.41) is 9.57. The summed E-state index contributed by atoms with van der Waals surface area (Å²) in [7, 11) is 2.27. The van der Waals surface area contributed by atoms with Gasteiger partial charge in [-0.25, -0.2) is 0 Å². The second kappa shape index (κ2) is 5.63. The van der Waals surface area contributed by atoms with E-state index in [0.717, 1.165) is 13.2 Å². The molecule has 0 saturated heterocycles. The quantitative estimate of drug-likeness (QED) is 0.841. The number of hydrogen-bond donors (Lipinski definition) is 1. The number of esters is 1. The smallest absolute Gasteiger partial charge is 0.503 e. The first kappa shape index (κ1) is 14.9. The first-order valence-corrected chi connectivity index (χ1v) is 4.86. The number of alkyl halides is 3. The average molecular weight is 281 g/mol. The molecule has 0 atom stereocenters. The Labute approximate surface area is 105 Å². The van der Waals surface area contributed by atoms with Gasteiger partial charge in [-0.05, 0) is 0 Å². The Hall–Kier alpha value is -2.19. The van der Waals surface area contributed by atoms with Crippen molar-refractivity contribution in [2.24, 2.45) is 0 Å². The predicted molar refractivity (Wildman–Crippen MR) is 54.9 cm³/mol. The number of rotatable bonds is 4. The fraction of sp³-hybridized carbons (Fsp3) is 0.400. The Morgan fingerprint density at radius 2 is 2.05 bits per heavy atom. The van der Waals surface area contributed by atoms with Crippen LogP contribution in [0.1, 0.15) is 5.56 Å². The fourth-order valence-electron chi connectivity index (χ4n) is 1.19. The molecule has 106 valence electrons. The van der Waals surface area contributed by atoms with Gasteiger partial charge < -0.3 is 19.3 Å². The molecule has 0 aliphatic rings. The van der Waals surface area contributed by atoms with Crippen molar-refractivity contribution >= 4 is 5.97 Å². The standard InChI is InChI=1S/C10H10F3NO5/c1-17-6-3-5(4-7(15)18-2)8(16)9(14-6)19-10(11,12)13/h3,16H,4H2,1-2H3. The minimum absolute atomic E-state index is 0.155. The zero-order chi connectivity index (χ0) is 14.6. The first-order chi connectivity index (χ1) is 8.76. The van der Waals surface area contributed by atoms with E-state index >= 15 is 0 Å². The van der Waals surface area contributed by atoms with Crippen molar-refractivity contribution in [3.63, 3.8) is 0 Å². The van der Waals surface area contributed by atoms with Crippen LogP contribution in [0.3, 0.4) is 0 Å². The van der Waals surface area contributed by atoms with Gasteiger partial charge >= 0.3 is 12.3 Å². The lowest BCUT2D eigenvalue weighted by Gasteiger charge is -2.13. The number of nitrogens with zero attached hydrogens (tertiary/aromatic N) is 1. The molecule has 1 aromatic heterocycles. The first-order valence-electron chi connectivity index (χ1n) is 4.86. The number of methoxy groups -OCH3 is 2. The summed E-state index contributed by atoms with van der Waals surface area (Å²) in [4.78, 5) is 14.4. The third kappa shape index (κ3) is 4.19. The minimum atomic E-state index is -5.03. The maximum atomic E-state index is 12.1. The molecule has 0 unspecified atom stereocenters. The summed E-state index contributed by atoms with van der Waals surface area (Å²) in [6.07, 6.45) is -5.48. The average Bonchev–Trinajstić information content (AvgIpc) is 2.32. The number of aromatic nitrogens is 1. The second-order valence-electron chi connectivity index (χ2n) is 3.28. The number of aromatic hydroxyl groups is 1. The highest BCUT2D eigenvalue weighted by Gasteiger charge is 2.34. The topological polar surface area (TPSA) is 77.9 Å². The normalized spacial score (nSPS) is 11.0. The van der Waals surface area contributed by atoms with E-state index in [4.69, 9.17) is 0 Å². The number of halogens is 3. The van der Waals surface area contributed by atoms with Crippen LogP contribution in [0.4, 0.5) is 13.2 Å². The third-order valence-corrected chi connectivity index (χ3v) is 2.00. The van der Waals surface area contributed by atoms with Crippen LogP contribution in [0.25, 0.3) is 0 Å². The lowest BCUT2D eigenvalue weighted by Crippen LogP contribution is -2.18. The van der Waals surface area contributed by atoms with Crippen molar-refractivity contribution in [3.8, 4) is 17.5 Å². The molecule has 0 aliphatic heterocycles. The highest BCUT2D eigenvalue weighted by molar-refractivity contribution is 5.74. The Bertz CT molecular complexity index is 475. The summed E-state index contributed by atoms with van der Waals surface area (Å²) in [6.45, 7) is 0. The molecule has 1 heterocycles. The molecule has 6 nitrogen and oxygen atoms in total. The SMILES string of the molecule is COC(=O)Cc1cc(OC)nc(OC(F)(F)F)c1O. The van der Waals surface area contributed by atoms with E-state index in [2.05, 4.69) is 19.2 Å². The Balaban J connectivity index is 3.17. The molecule has 1 rings (SSSR count). The lowest BCUT2D eigenvalue weighted by atomic mass is 10.1. The van der Waals surface area contributed by atoms with E-state index in [1.54, 1.807) is 0 Å². The van der Waals surface area contributed by atoms with Crippen LogP contribution in [0.5, 0.6) is 17.5 Å². The molecule has 0 fully saturated rings. The predicted octanol–water partition coefficient (Wildman–Crippen LogP) is 1.41. The number of carbonyl (C=O) groups excluding carboxylic acids is 1. The molecule has 0 amide bonds.